The highest BCUT2D eigenvalue weighted by molar-refractivity contribution is 5.84. The Bertz CT molecular complexity index is 730. The van der Waals surface area contributed by atoms with E-state index < -0.39 is 0 Å². The van der Waals surface area contributed by atoms with Gasteiger partial charge in [-0.2, -0.15) is 0 Å². The van der Waals surface area contributed by atoms with E-state index in [1.165, 1.54) is 5.56 Å². The lowest BCUT2D eigenvalue weighted by Gasteiger charge is -2.19. The van der Waals surface area contributed by atoms with Crippen molar-refractivity contribution in [3.8, 4) is 0 Å². The third-order valence-corrected chi connectivity index (χ3v) is 4.29. The number of pyridine rings is 1. The Morgan fingerprint density at radius 1 is 1.00 bits per heavy atom. The van der Waals surface area contributed by atoms with Gasteiger partial charge in [-0.25, -0.2) is 0 Å². The van der Waals surface area contributed by atoms with Crippen LogP contribution in [0.3, 0.4) is 0 Å². The van der Waals surface area contributed by atoms with Crippen LogP contribution in [0.2, 0.25) is 0 Å². The molecule has 138 valence electrons. The lowest BCUT2D eigenvalue weighted by molar-refractivity contribution is -0.151. The lowest BCUT2D eigenvalue weighted by atomic mass is 9.86. The number of hydrogen-bond acceptors (Lipinski definition) is 4. The minimum Gasteiger partial charge on any atom is -0.457 e. The SMILES string of the molecule is CC(Cc1ccncc1)C(=O)OCC(=O)Cc1ccc(C(C)(C)C)cc1. The summed E-state index contributed by atoms with van der Waals surface area (Å²) in [5.74, 6) is -0.743. The summed E-state index contributed by atoms with van der Waals surface area (Å²) in [4.78, 5) is 28.1. The first-order valence-corrected chi connectivity index (χ1v) is 8.92. The van der Waals surface area contributed by atoms with Crippen LogP contribution in [0.15, 0.2) is 48.8 Å². The molecule has 1 atom stereocenters. The molecular weight excluding hydrogens is 326 g/mol. The number of benzene rings is 1. The summed E-state index contributed by atoms with van der Waals surface area (Å²) in [6, 6.07) is 11.8. The van der Waals surface area contributed by atoms with Crippen molar-refractivity contribution in [3.05, 3.63) is 65.5 Å². The number of carbonyl (C=O) groups excluding carboxylic acids is 2. The third-order valence-electron chi connectivity index (χ3n) is 4.29. The summed E-state index contributed by atoms with van der Waals surface area (Å²) >= 11 is 0. The van der Waals surface area contributed by atoms with Crippen LogP contribution in [0, 0.1) is 5.92 Å². The van der Waals surface area contributed by atoms with Crippen molar-refractivity contribution in [2.45, 2.75) is 46.0 Å². The second kappa shape index (κ2) is 8.75. The zero-order valence-corrected chi connectivity index (χ0v) is 16.0. The van der Waals surface area contributed by atoms with Gasteiger partial charge in [0.25, 0.3) is 0 Å². The third kappa shape index (κ3) is 6.10. The molecule has 4 nitrogen and oxygen atoms in total. The summed E-state index contributed by atoms with van der Waals surface area (Å²) in [5, 5.41) is 0. The molecule has 0 aliphatic carbocycles. The highest BCUT2D eigenvalue weighted by Crippen LogP contribution is 2.22. The molecule has 0 spiro atoms. The molecule has 0 N–H and O–H groups in total. The van der Waals surface area contributed by atoms with Crippen molar-refractivity contribution in [2.24, 2.45) is 5.92 Å². The van der Waals surface area contributed by atoms with Gasteiger partial charge >= 0.3 is 5.97 Å². The molecule has 0 amide bonds. The molecule has 0 saturated carbocycles. The van der Waals surface area contributed by atoms with E-state index in [0.717, 1.165) is 11.1 Å². The quantitative estimate of drug-likeness (QED) is 0.708. The number of carbonyl (C=O) groups is 2. The van der Waals surface area contributed by atoms with E-state index in [2.05, 4.69) is 25.8 Å². The van der Waals surface area contributed by atoms with Crippen molar-refractivity contribution >= 4 is 11.8 Å². The first kappa shape index (κ1) is 19.8. The van der Waals surface area contributed by atoms with Crippen molar-refractivity contribution in [3.63, 3.8) is 0 Å². The number of rotatable bonds is 7. The second-order valence-corrected chi connectivity index (χ2v) is 7.73. The van der Waals surface area contributed by atoms with Gasteiger partial charge in [0, 0.05) is 18.8 Å². The second-order valence-electron chi connectivity index (χ2n) is 7.73. The van der Waals surface area contributed by atoms with Crippen LogP contribution in [0.25, 0.3) is 0 Å². The van der Waals surface area contributed by atoms with Gasteiger partial charge in [0.15, 0.2) is 5.78 Å². The number of nitrogens with zero attached hydrogens (tertiary/aromatic N) is 1. The number of hydrogen-bond donors (Lipinski definition) is 0. The van der Waals surface area contributed by atoms with E-state index in [0.29, 0.717) is 6.42 Å². The van der Waals surface area contributed by atoms with Crippen LogP contribution in [0.5, 0.6) is 0 Å². The number of ether oxygens (including phenoxy) is 1. The van der Waals surface area contributed by atoms with E-state index in [-0.39, 0.29) is 36.1 Å². The van der Waals surface area contributed by atoms with Crippen molar-refractivity contribution < 1.29 is 14.3 Å². The predicted octanol–water partition coefficient (Wildman–Crippen LogP) is 3.91. The molecular formula is C22H27NO3. The summed E-state index contributed by atoms with van der Waals surface area (Å²) in [5.41, 5.74) is 3.27. The molecule has 4 heteroatoms. The van der Waals surface area contributed by atoms with Gasteiger partial charge in [-0.3, -0.25) is 14.6 Å². The molecule has 1 heterocycles. The number of aromatic nitrogens is 1. The largest absolute Gasteiger partial charge is 0.457 e. The van der Waals surface area contributed by atoms with Gasteiger partial charge in [0.2, 0.25) is 0 Å². The number of Topliss-reactive ketones (excluding diaryl/α,β-unsaturated/α-hetero) is 1. The molecule has 0 fully saturated rings. The van der Waals surface area contributed by atoms with E-state index in [1.54, 1.807) is 19.3 Å². The van der Waals surface area contributed by atoms with Gasteiger partial charge in [0.05, 0.1) is 5.92 Å². The maximum atomic E-state index is 12.1. The molecule has 2 aromatic rings. The van der Waals surface area contributed by atoms with E-state index in [1.807, 2.05) is 36.4 Å². The normalized spacial score (nSPS) is 12.5. The minimum absolute atomic E-state index is 0.0863. The summed E-state index contributed by atoms with van der Waals surface area (Å²) in [6.45, 7) is 8.08. The zero-order chi connectivity index (χ0) is 19.2. The highest BCUT2D eigenvalue weighted by atomic mass is 16.5. The molecule has 1 unspecified atom stereocenters. The maximum absolute atomic E-state index is 12.1. The number of esters is 1. The van der Waals surface area contributed by atoms with Crippen LogP contribution in [0.4, 0.5) is 0 Å². The average Bonchev–Trinajstić information content (AvgIpc) is 2.60. The van der Waals surface area contributed by atoms with Gasteiger partial charge in [-0.15, -0.1) is 0 Å². The van der Waals surface area contributed by atoms with E-state index in [4.69, 9.17) is 4.74 Å². The molecule has 0 bridgehead atoms. The molecule has 1 aromatic carbocycles. The predicted molar refractivity (Wildman–Crippen MR) is 102 cm³/mol. The first-order chi connectivity index (χ1) is 12.3. The van der Waals surface area contributed by atoms with Gasteiger partial charge in [0.1, 0.15) is 6.61 Å². The Hall–Kier alpha value is -2.49. The van der Waals surface area contributed by atoms with Crippen molar-refractivity contribution in [2.75, 3.05) is 6.61 Å². The fraction of sp³-hybridized carbons (Fsp3) is 0.409. The van der Waals surface area contributed by atoms with Crippen LogP contribution in [-0.2, 0) is 32.6 Å². The van der Waals surface area contributed by atoms with Crippen LogP contribution >= 0.6 is 0 Å². The standard InChI is InChI=1S/C22H27NO3/c1-16(13-18-9-11-23-12-10-18)21(25)26-15-20(24)14-17-5-7-19(8-6-17)22(2,3)4/h5-12,16H,13-15H2,1-4H3. The van der Waals surface area contributed by atoms with Crippen LogP contribution in [-0.4, -0.2) is 23.3 Å². The van der Waals surface area contributed by atoms with Crippen LogP contribution in [0.1, 0.15) is 44.4 Å². The van der Waals surface area contributed by atoms with Crippen LogP contribution < -0.4 is 0 Å². The lowest BCUT2D eigenvalue weighted by Crippen LogP contribution is -2.22. The van der Waals surface area contributed by atoms with Gasteiger partial charge < -0.3 is 4.74 Å². The molecule has 0 radical (unpaired) electrons. The molecule has 0 aliphatic heterocycles. The molecule has 0 saturated heterocycles. The van der Waals surface area contributed by atoms with Crippen molar-refractivity contribution in [1.29, 1.82) is 0 Å². The zero-order valence-electron chi connectivity index (χ0n) is 16.0. The van der Waals surface area contributed by atoms with E-state index >= 15 is 0 Å². The first-order valence-electron chi connectivity index (χ1n) is 8.92. The molecule has 0 aliphatic rings. The smallest absolute Gasteiger partial charge is 0.309 e. The topological polar surface area (TPSA) is 56.3 Å². The Morgan fingerprint density at radius 3 is 2.19 bits per heavy atom. The Kier molecular flexibility index (Phi) is 6.67. The molecule has 26 heavy (non-hydrogen) atoms. The fourth-order valence-corrected chi connectivity index (χ4v) is 2.65. The molecule has 1 aromatic heterocycles. The molecule has 2 rings (SSSR count). The fourth-order valence-electron chi connectivity index (χ4n) is 2.65. The summed E-state index contributed by atoms with van der Waals surface area (Å²) in [6.07, 6.45) is 4.24. The maximum Gasteiger partial charge on any atom is 0.309 e. The average molecular weight is 353 g/mol. The monoisotopic (exact) mass is 353 g/mol. The Labute approximate surface area is 155 Å². The highest BCUT2D eigenvalue weighted by Gasteiger charge is 2.17. The van der Waals surface area contributed by atoms with E-state index in [9.17, 15) is 9.59 Å². The number of ketones is 1. The van der Waals surface area contributed by atoms with Gasteiger partial charge in [-0.05, 0) is 40.7 Å². The Morgan fingerprint density at radius 2 is 1.62 bits per heavy atom. The summed E-state index contributed by atoms with van der Waals surface area (Å²) < 4.78 is 5.18. The Balaban J connectivity index is 1.80. The summed E-state index contributed by atoms with van der Waals surface area (Å²) in [7, 11) is 0. The van der Waals surface area contributed by atoms with Crippen molar-refractivity contribution in [1.82, 2.24) is 4.98 Å². The minimum atomic E-state index is -0.349. The van der Waals surface area contributed by atoms with Gasteiger partial charge in [-0.1, -0.05) is 52.0 Å².